The summed E-state index contributed by atoms with van der Waals surface area (Å²) in [6.07, 6.45) is 1.65. The fourth-order valence-corrected chi connectivity index (χ4v) is 3.37. The fourth-order valence-electron chi connectivity index (χ4n) is 3.08. The Balaban J connectivity index is 2.45. The van der Waals surface area contributed by atoms with Gasteiger partial charge >= 0.3 is 0 Å². The van der Waals surface area contributed by atoms with Crippen molar-refractivity contribution in [3.63, 3.8) is 0 Å². The number of hydrogen-bond acceptors (Lipinski definition) is 4. The van der Waals surface area contributed by atoms with Gasteiger partial charge in [0.25, 0.3) is 0 Å². The lowest BCUT2D eigenvalue weighted by atomic mass is 9.94. The van der Waals surface area contributed by atoms with Crippen LogP contribution in [0, 0.1) is 13.8 Å². The molecule has 6 nitrogen and oxygen atoms in total. The molecule has 0 atom stereocenters. The second kappa shape index (κ2) is 6.22. The number of nitrogens with two attached hydrogens (primary N) is 1. The van der Waals surface area contributed by atoms with Crippen LogP contribution < -0.4 is 5.73 Å². The lowest BCUT2D eigenvalue weighted by Crippen LogP contribution is -2.18. The summed E-state index contributed by atoms with van der Waals surface area (Å²) in [5, 5.41) is 22.4. The number of rotatable bonds is 3. The van der Waals surface area contributed by atoms with Gasteiger partial charge < -0.3 is 25.0 Å². The molecule has 4 N–H and O–H groups in total. The number of phenols is 1. The highest BCUT2D eigenvalue weighted by atomic mass is 35.5. The first-order valence-corrected chi connectivity index (χ1v) is 7.95. The van der Waals surface area contributed by atoms with Crippen LogP contribution in [0.1, 0.15) is 17.0 Å². The van der Waals surface area contributed by atoms with Crippen molar-refractivity contribution in [1.82, 2.24) is 4.57 Å². The van der Waals surface area contributed by atoms with E-state index in [1.807, 2.05) is 13.8 Å². The Hall–Kier alpha value is -2.86. The van der Waals surface area contributed by atoms with Crippen LogP contribution in [0.2, 0.25) is 5.15 Å². The van der Waals surface area contributed by atoms with Crippen molar-refractivity contribution in [2.75, 3.05) is 0 Å². The zero-order valence-corrected chi connectivity index (χ0v) is 14.8. The van der Waals surface area contributed by atoms with Crippen LogP contribution in [0.5, 0.6) is 5.75 Å². The lowest BCUT2D eigenvalue weighted by molar-refractivity contribution is 0.318. The Labute approximate surface area is 149 Å². The highest BCUT2D eigenvalue weighted by molar-refractivity contribution is 6.34. The third-order valence-corrected chi connectivity index (χ3v) is 4.68. The zero-order valence-electron chi connectivity index (χ0n) is 14.0. The maximum Gasteiger partial charge on any atom is 0.187 e. The predicted octanol–water partition coefficient (Wildman–Crippen LogP) is 4.02. The highest BCUT2D eigenvalue weighted by Crippen LogP contribution is 2.44. The number of aryl methyl sites for hydroxylation is 2. The molecule has 0 spiro atoms. The smallest absolute Gasteiger partial charge is 0.187 e. The molecule has 3 rings (SSSR count). The van der Waals surface area contributed by atoms with Crippen LogP contribution in [-0.2, 0) is 7.05 Å². The molecule has 0 radical (unpaired) electrons. The average Bonchev–Trinajstić information content (AvgIpc) is 3.05. The number of amidine groups is 1. The molecule has 2 heterocycles. The Kier molecular flexibility index (Phi) is 4.22. The van der Waals surface area contributed by atoms with Gasteiger partial charge in [-0.15, -0.1) is 0 Å². The zero-order chi connectivity index (χ0) is 18.3. The van der Waals surface area contributed by atoms with Crippen molar-refractivity contribution in [2.45, 2.75) is 13.8 Å². The molecule has 0 unspecified atom stereocenters. The molecule has 0 aliphatic carbocycles. The molecular formula is C18H18ClN3O3. The van der Waals surface area contributed by atoms with Gasteiger partial charge in [0.2, 0.25) is 0 Å². The van der Waals surface area contributed by atoms with Crippen molar-refractivity contribution in [2.24, 2.45) is 17.9 Å². The second-order valence-electron chi connectivity index (χ2n) is 5.83. The minimum Gasteiger partial charge on any atom is -0.508 e. The van der Waals surface area contributed by atoms with E-state index in [0.29, 0.717) is 16.6 Å². The Morgan fingerprint density at radius 3 is 2.32 bits per heavy atom. The van der Waals surface area contributed by atoms with E-state index in [9.17, 15) is 10.3 Å². The van der Waals surface area contributed by atoms with Crippen molar-refractivity contribution >= 4 is 17.4 Å². The first kappa shape index (κ1) is 17.0. The summed E-state index contributed by atoms with van der Waals surface area (Å²) in [5.41, 5.74) is 10.4. The van der Waals surface area contributed by atoms with Gasteiger partial charge in [-0.05, 0) is 37.1 Å². The van der Waals surface area contributed by atoms with Crippen LogP contribution >= 0.6 is 11.6 Å². The van der Waals surface area contributed by atoms with E-state index in [0.717, 1.165) is 27.8 Å². The molecule has 0 fully saturated rings. The van der Waals surface area contributed by atoms with Gasteiger partial charge in [0.15, 0.2) is 5.84 Å². The first-order valence-electron chi connectivity index (χ1n) is 7.57. The molecule has 2 aromatic heterocycles. The van der Waals surface area contributed by atoms with E-state index < -0.39 is 0 Å². The van der Waals surface area contributed by atoms with Gasteiger partial charge in [0.1, 0.15) is 16.7 Å². The molecule has 1 aromatic carbocycles. The van der Waals surface area contributed by atoms with Crippen molar-refractivity contribution < 1.29 is 14.7 Å². The summed E-state index contributed by atoms with van der Waals surface area (Å²) >= 11 is 6.59. The van der Waals surface area contributed by atoms with Gasteiger partial charge in [-0.2, -0.15) is 0 Å². The number of halogens is 1. The van der Waals surface area contributed by atoms with E-state index in [4.69, 9.17) is 21.8 Å². The molecule has 7 heteroatoms. The molecule has 0 aliphatic heterocycles. The monoisotopic (exact) mass is 359 g/mol. The normalized spacial score (nSPS) is 11.9. The van der Waals surface area contributed by atoms with E-state index >= 15 is 0 Å². The summed E-state index contributed by atoms with van der Waals surface area (Å²) in [5.74, 6) is 0.806. The summed E-state index contributed by atoms with van der Waals surface area (Å²) in [4.78, 5) is 0. The first-order chi connectivity index (χ1) is 11.9. The summed E-state index contributed by atoms with van der Waals surface area (Å²) < 4.78 is 7.21. The van der Waals surface area contributed by atoms with Crippen molar-refractivity contribution in [3.05, 3.63) is 52.7 Å². The minimum atomic E-state index is -0.0515. The Bertz CT molecular complexity index is 949. The standard InChI is InChI=1S/C18H18ClN3O3/c1-9-8-25-10(2)13(9)15-14(11-4-6-12(23)7-5-11)17(19)22(3)16(15)18(20)21-24/h4-8,23-24H,1-3H3,(H2,20,21). The van der Waals surface area contributed by atoms with Gasteiger partial charge in [-0.25, -0.2) is 0 Å². The Morgan fingerprint density at radius 2 is 1.80 bits per heavy atom. The lowest BCUT2D eigenvalue weighted by Gasteiger charge is -2.09. The van der Waals surface area contributed by atoms with Crippen LogP contribution in [0.4, 0.5) is 0 Å². The van der Waals surface area contributed by atoms with E-state index in [1.54, 1.807) is 42.1 Å². The molecular weight excluding hydrogens is 342 g/mol. The summed E-state index contributed by atoms with van der Waals surface area (Å²) in [6.45, 7) is 3.77. The topological polar surface area (TPSA) is 96.9 Å². The van der Waals surface area contributed by atoms with Crippen LogP contribution in [-0.4, -0.2) is 20.7 Å². The number of oxime groups is 1. The molecule has 0 saturated heterocycles. The molecule has 0 saturated carbocycles. The molecule has 25 heavy (non-hydrogen) atoms. The number of phenolic OH excluding ortho intramolecular Hbond substituents is 1. The third kappa shape index (κ3) is 2.64. The molecule has 0 bridgehead atoms. The number of aromatic nitrogens is 1. The summed E-state index contributed by atoms with van der Waals surface area (Å²) in [7, 11) is 1.74. The quantitative estimate of drug-likeness (QED) is 0.285. The van der Waals surface area contributed by atoms with Crippen molar-refractivity contribution in [3.8, 4) is 28.0 Å². The molecule has 130 valence electrons. The number of hydrogen-bond donors (Lipinski definition) is 3. The number of furan rings is 1. The highest BCUT2D eigenvalue weighted by Gasteiger charge is 2.28. The SMILES string of the molecule is Cc1coc(C)c1-c1c(-c2ccc(O)cc2)c(Cl)n(C)c1C(N)=NO. The molecule has 0 amide bonds. The summed E-state index contributed by atoms with van der Waals surface area (Å²) in [6, 6.07) is 6.70. The van der Waals surface area contributed by atoms with Crippen LogP contribution in [0.15, 0.2) is 40.1 Å². The van der Waals surface area contributed by atoms with Gasteiger partial charge in [-0.1, -0.05) is 28.9 Å². The second-order valence-corrected chi connectivity index (χ2v) is 6.19. The number of nitrogens with zero attached hydrogens (tertiary/aromatic N) is 2. The number of benzene rings is 1. The van der Waals surface area contributed by atoms with E-state index in [1.165, 1.54) is 0 Å². The van der Waals surface area contributed by atoms with Gasteiger partial charge in [-0.3, -0.25) is 0 Å². The van der Waals surface area contributed by atoms with Gasteiger partial charge in [0, 0.05) is 23.7 Å². The Morgan fingerprint density at radius 1 is 1.16 bits per heavy atom. The largest absolute Gasteiger partial charge is 0.508 e. The molecule has 3 aromatic rings. The van der Waals surface area contributed by atoms with E-state index in [2.05, 4.69) is 5.16 Å². The maximum atomic E-state index is 9.58. The maximum absolute atomic E-state index is 9.58. The average molecular weight is 360 g/mol. The fraction of sp³-hybridized carbons (Fsp3) is 0.167. The number of aromatic hydroxyl groups is 1. The predicted molar refractivity (Wildman–Crippen MR) is 97.2 cm³/mol. The molecule has 0 aliphatic rings. The van der Waals surface area contributed by atoms with E-state index in [-0.39, 0.29) is 11.6 Å². The van der Waals surface area contributed by atoms with Crippen LogP contribution in [0.25, 0.3) is 22.3 Å². The third-order valence-electron chi connectivity index (χ3n) is 4.24. The van der Waals surface area contributed by atoms with Gasteiger partial charge in [0.05, 0.1) is 12.0 Å². The van der Waals surface area contributed by atoms with Crippen LogP contribution in [0.3, 0.4) is 0 Å². The minimum absolute atomic E-state index is 0.0515. The van der Waals surface area contributed by atoms with Crippen molar-refractivity contribution in [1.29, 1.82) is 0 Å².